The van der Waals surface area contributed by atoms with E-state index in [0.717, 1.165) is 0 Å². The van der Waals surface area contributed by atoms with Crippen LogP contribution in [0.15, 0.2) is 0 Å². The number of rotatable bonds is 2. The predicted molar refractivity (Wildman–Crippen MR) is 60.2 cm³/mol. The summed E-state index contributed by atoms with van der Waals surface area (Å²) in [6.45, 7) is 14.9. The quantitative estimate of drug-likeness (QED) is 0.684. The molecule has 1 N–H and O–H groups in total. The molecule has 0 aromatic heterocycles. The minimum atomic E-state index is -1.63. The second kappa shape index (κ2) is 3.82. The highest BCUT2D eigenvalue weighted by atomic mass is 28.3. The summed E-state index contributed by atoms with van der Waals surface area (Å²) < 4.78 is 0. The topological polar surface area (TPSA) is 29.1 Å². The molecule has 0 atom stereocenters. The van der Waals surface area contributed by atoms with Gasteiger partial charge < -0.3 is 4.98 Å². The van der Waals surface area contributed by atoms with Gasteiger partial charge in [-0.15, -0.1) is 0 Å². The molecule has 0 aliphatic rings. The molecule has 0 aliphatic heterocycles. The van der Waals surface area contributed by atoms with Gasteiger partial charge in [0.25, 0.3) is 0 Å². The van der Waals surface area contributed by atoms with Crippen LogP contribution in [0, 0.1) is 5.92 Å². The first-order valence-corrected chi connectivity index (χ1v) is 7.90. The maximum absolute atomic E-state index is 11.5. The Balaban J connectivity index is 4.44. The van der Waals surface area contributed by atoms with Gasteiger partial charge in [-0.05, 0) is 5.04 Å². The third-order valence-corrected chi connectivity index (χ3v) is 7.46. The Hall–Kier alpha value is -0.313. The van der Waals surface area contributed by atoms with Crippen molar-refractivity contribution in [3.63, 3.8) is 0 Å². The Morgan fingerprint density at radius 1 is 1.23 bits per heavy atom. The minimum absolute atomic E-state index is 0.0918. The summed E-state index contributed by atoms with van der Waals surface area (Å²) in [6, 6.07) is 0. The monoisotopic (exact) mass is 201 g/mol. The van der Waals surface area contributed by atoms with Crippen molar-refractivity contribution >= 4 is 14.1 Å². The van der Waals surface area contributed by atoms with Crippen LogP contribution in [0.2, 0.25) is 18.1 Å². The fourth-order valence-corrected chi connectivity index (χ4v) is 1.92. The number of nitrogens with one attached hydrogen (secondary N) is 1. The van der Waals surface area contributed by atoms with Crippen LogP contribution >= 0.6 is 0 Å². The Morgan fingerprint density at radius 2 is 1.62 bits per heavy atom. The zero-order chi connectivity index (χ0) is 10.9. The van der Waals surface area contributed by atoms with Crippen LogP contribution in [0.4, 0.5) is 0 Å². The van der Waals surface area contributed by atoms with E-state index in [1.165, 1.54) is 0 Å². The molecule has 1 amide bonds. The SMILES string of the molecule is CC(C)C(=O)N[Si](C)(C)C(C)(C)C. The van der Waals surface area contributed by atoms with Gasteiger partial charge in [0, 0.05) is 5.92 Å². The van der Waals surface area contributed by atoms with Crippen molar-refractivity contribution in [2.45, 2.75) is 52.8 Å². The normalized spacial score (nSPS) is 13.2. The van der Waals surface area contributed by atoms with E-state index in [-0.39, 0.29) is 16.9 Å². The van der Waals surface area contributed by atoms with Crippen molar-refractivity contribution in [2.75, 3.05) is 0 Å². The highest BCUT2D eigenvalue weighted by molar-refractivity contribution is 6.79. The molecule has 13 heavy (non-hydrogen) atoms. The Bertz CT molecular complexity index is 192. The van der Waals surface area contributed by atoms with E-state index in [2.05, 4.69) is 38.8 Å². The van der Waals surface area contributed by atoms with Crippen LogP contribution in [-0.2, 0) is 4.79 Å². The lowest BCUT2D eigenvalue weighted by Crippen LogP contribution is -2.55. The molecule has 0 radical (unpaired) electrons. The fourth-order valence-electron chi connectivity index (χ4n) is 0.640. The minimum Gasteiger partial charge on any atom is -0.381 e. The summed E-state index contributed by atoms with van der Waals surface area (Å²) in [5, 5.41) is 0.220. The summed E-state index contributed by atoms with van der Waals surface area (Å²) in [5.74, 6) is 0.278. The number of carbonyl (C=O) groups is 1. The van der Waals surface area contributed by atoms with Gasteiger partial charge in [0.15, 0.2) is 8.24 Å². The molecule has 0 bridgehead atoms. The van der Waals surface area contributed by atoms with Crippen molar-refractivity contribution in [1.29, 1.82) is 0 Å². The summed E-state index contributed by atoms with van der Waals surface area (Å²) in [6.07, 6.45) is 0. The van der Waals surface area contributed by atoms with Crippen LogP contribution in [0.1, 0.15) is 34.6 Å². The van der Waals surface area contributed by atoms with Crippen LogP contribution in [0.5, 0.6) is 0 Å². The first kappa shape index (κ1) is 12.7. The van der Waals surface area contributed by atoms with Crippen LogP contribution < -0.4 is 4.98 Å². The van der Waals surface area contributed by atoms with E-state index in [4.69, 9.17) is 0 Å². The van der Waals surface area contributed by atoms with E-state index in [1.54, 1.807) is 0 Å². The van der Waals surface area contributed by atoms with Gasteiger partial charge in [-0.2, -0.15) is 0 Å². The second-order valence-electron chi connectivity index (χ2n) is 5.52. The van der Waals surface area contributed by atoms with Crippen LogP contribution in [-0.4, -0.2) is 14.1 Å². The van der Waals surface area contributed by atoms with Crippen molar-refractivity contribution in [2.24, 2.45) is 5.92 Å². The van der Waals surface area contributed by atoms with Gasteiger partial charge in [-0.1, -0.05) is 47.7 Å². The number of carbonyl (C=O) groups excluding carboxylic acids is 1. The van der Waals surface area contributed by atoms with E-state index in [0.29, 0.717) is 0 Å². The summed E-state index contributed by atoms with van der Waals surface area (Å²) in [4.78, 5) is 14.7. The second-order valence-corrected chi connectivity index (χ2v) is 10.5. The van der Waals surface area contributed by atoms with Gasteiger partial charge in [-0.3, -0.25) is 4.79 Å². The molecule has 78 valence electrons. The molecular formula is C10H23NOSi. The van der Waals surface area contributed by atoms with Gasteiger partial charge >= 0.3 is 0 Å². The zero-order valence-electron chi connectivity index (χ0n) is 9.99. The predicted octanol–water partition coefficient (Wildman–Crippen LogP) is 2.76. The van der Waals surface area contributed by atoms with Crippen molar-refractivity contribution < 1.29 is 4.79 Å². The Morgan fingerprint density at radius 3 is 1.85 bits per heavy atom. The maximum atomic E-state index is 11.5. The van der Waals surface area contributed by atoms with Gasteiger partial charge in [0.2, 0.25) is 5.91 Å². The highest BCUT2D eigenvalue weighted by Gasteiger charge is 2.37. The van der Waals surface area contributed by atoms with E-state index in [1.807, 2.05) is 13.8 Å². The van der Waals surface area contributed by atoms with Gasteiger partial charge in [0.1, 0.15) is 0 Å². The van der Waals surface area contributed by atoms with Gasteiger partial charge in [0.05, 0.1) is 0 Å². The molecule has 0 heterocycles. The maximum Gasteiger partial charge on any atom is 0.214 e. The average Bonchev–Trinajstić information content (AvgIpc) is 1.83. The molecule has 0 fully saturated rings. The zero-order valence-corrected chi connectivity index (χ0v) is 11.0. The smallest absolute Gasteiger partial charge is 0.214 e. The van der Waals surface area contributed by atoms with E-state index in [9.17, 15) is 4.79 Å². The summed E-state index contributed by atoms with van der Waals surface area (Å²) >= 11 is 0. The molecule has 0 saturated carbocycles. The summed E-state index contributed by atoms with van der Waals surface area (Å²) in [5.41, 5.74) is 0. The lowest BCUT2D eigenvalue weighted by molar-refractivity contribution is -0.122. The molecule has 3 heteroatoms. The molecule has 0 spiro atoms. The van der Waals surface area contributed by atoms with Crippen LogP contribution in [0.25, 0.3) is 0 Å². The highest BCUT2D eigenvalue weighted by Crippen LogP contribution is 2.33. The van der Waals surface area contributed by atoms with Crippen molar-refractivity contribution in [1.82, 2.24) is 4.98 Å². The Labute approximate surface area is 83.2 Å². The van der Waals surface area contributed by atoms with E-state index < -0.39 is 8.24 Å². The molecule has 0 saturated heterocycles. The molecule has 0 aliphatic carbocycles. The van der Waals surface area contributed by atoms with Crippen LogP contribution in [0.3, 0.4) is 0 Å². The van der Waals surface area contributed by atoms with Crippen molar-refractivity contribution in [3.05, 3.63) is 0 Å². The molecule has 2 nitrogen and oxygen atoms in total. The third-order valence-electron chi connectivity index (χ3n) is 2.84. The van der Waals surface area contributed by atoms with E-state index >= 15 is 0 Å². The first-order valence-electron chi connectivity index (χ1n) is 4.90. The molecule has 0 rings (SSSR count). The third kappa shape index (κ3) is 3.51. The Kier molecular flexibility index (Phi) is 3.73. The largest absolute Gasteiger partial charge is 0.381 e. The first-order chi connectivity index (χ1) is 5.58. The summed E-state index contributed by atoms with van der Waals surface area (Å²) in [7, 11) is -1.63. The molecule has 0 aromatic rings. The number of hydrogen-bond acceptors (Lipinski definition) is 1. The number of amides is 1. The molecular weight excluding hydrogens is 178 g/mol. The fraction of sp³-hybridized carbons (Fsp3) is 0.900. The van der Waals surface area contributed by atoms with Crippen molar-refractivity contribution in [3.8, 4) is 0 Å². The van der Waals surface area contributed by atoms with Gasteiger partial charge in [-0.25, -0.2) is 0 Å². The lowest BCUT2D eigenvalue weighted by Gasteiger charge is -2.37. The lowest BCUT2D eigenvalue weighted by atomic mass is 10.2. The molecule has 0 aromatic carbocycles. The standard InChI is InChI=1S/C10H23NOSi/c1-8(2)9(12)11-13(6,7)10(3,4)5/h8H,1-7H3,(H,11,12). The average molecular weight is 201 g/mol. The molecule has 0 unspecified atom stereocenters. The number of hydrogen-bond donors (Lipinski definition) is 1.